The average Bonchev–Trinajstić information content (AvgIpc) is 3.29. The number of aromatic amines is 1. The molecule has 0 radical (unpaired) electrons. The zero-order chi connectivity index (χ0) is 23.2. The quantitative estimate of drug-likeness (QED) is 0.433. The Hall–Kier alpha value is -3.40. The van der Waals surface area contributed by atoms with Gasteiger partial charge in [0.25, 0.3) is 0 Å². The number of fused-ring (bicyclic) bond motifs is 2. The number of aliphatic carboxylic acids is 1. The van der Waals surface area contributed by atoms with Crippen molar-refractivity contribution in [2.45, 2.75) is 31.9 Å². The molecule has 0 spiro atoms. The second-order valence-corrected chi connectivity index (χ2v) is 8.24. The van der Waals surface area contributed by atoms with E-state index in [1.54, 1.807) is 24.5 Å². The summed E-state index contributed by atoms with van der Waals surface area (Å²) >= 11 is 0. The van der Waals surface area contributed by atoms with Crippen LogP contribution in [0.15, 0.2) is 30.5 Å². The molecule has 168 valence electrons. The first-order valence-corrected chi connectivity index (χ1v) is 9.83. The van der Waals surface area contributed by atoms with E-state index < -0.39 is 35.6 Å². The number of nitrogens with zero attached hydrogens (tertiary/aromatic N) is 3. The molecule has 1 atom stereocenters. The Kier molecular flexibility index (Phi) is 5.41. The predicted molar refractivity (Wildman–Crippen MR) is 112 cm³/mol. The molecule has 0 aliphatic rings. The monoisotopic (exact) mass is 446 g/mol. The van der Waals surface area contributed by atoms with Gasteiger partial charge in [-0.25, -0.2) is 18.2 Å². The van der Waals surface area contributed by atoms with Crippen molar-refractivity contribution in [1.82, 2.24) is 19.7 Å². The average molecular weight is 446 g/mol. The number of aromatic nitrogens is 4. The number of rotatable bonds is 7. The van der Waals surface area contributed by atoms with E-state index >= 15 is 4.39 Å². The van der Waals surface area contributed by atoms with Gasteiger partial charge in [-0.05, 0) is 18.2 Å². The number of hydrogen-bond donors (Lipinski definition) is 2. The van der Waals surface area contributed by atoms with Crippen molar-refractivity contribution in [3.05, 3.63) is 53.4 Å². The van der Waals surface area contributed by atoms with Gasteiger partial charge >= 0.3 is 5.97 Å². The topological polar surface area (TPSA) is 93.0 Å². The van der Waals surface area contributed by atoms with Crippen LogP contribution < -0.4 is 0 Å². The SMILES string of the molecule is COCC(C)(C)c1c([C@H](F)CC(=O)O)c2nc3[nH]ncc3cc2n1-c1ccc(F)c(F)c1. The van der Waals surface area contributed by atoms with Gasteiger partial charge in [0.1, 0.15) is 6.17 Å². The number of carboxylic acids is 1. The summed E-state index contributed by atoms with van der Waals surface area (Å²) in [4.78, 5) is 15.8. The maximum Gasteiger partial charge on any atom is 0.306 e. The zero-order valence-corrected chi connectivity index (χ0v) is 17.6. The highest BCUT2D eigenvalue weighted by Gasteiger charge is 2.36. The molecule has 4 aromatic rings. The van der Waals surface area contributed by atoms with E-state index in [1.807, 2.05) is 0 Å². The summed E-state index contributed by atoms with van der Waals surface area (Å²) in [6.45, 7) is 3.75. The molecule has 0 aliphatic carbocycles. The number of methoxy groups -OCH3 is 1. The van der Waals surface area contributed by atoms with Crippen LogP contribution in [0.25, 0.3) is 27.8 Å². The van der Waals surface area contributed by atoms with Crippen molar-refractivity contribution in [1.29, 1.82) is 0 Å². The van der Waals surface area contributed by atoms with Crippen molar-refractivity contribution in [2.75, 3.05) is 13.7 Å². The molecule has 3 heterocycles. The van der Waals surface area contributed by atoms with Crippen molar-refractivity contribution < 1.29 is 27.8 Å². The van der Waals surface area contributed by atoms with E-state index in [0.717, 1.165) is 12.1 Å². The van der Waals surface area contributed by atoms with Crippen molar-refractivity contribution in [3.63, 3.8) is 0 Å². The first-order valence-electron chi connectivity index (χ1n) is 9.83. The highest BCUT2D eigenvalue weighted by molar-refractivity contribution is 5.94. The fourth-order valence-corrected chi connectivity index (χ4v) is 4.13. The lowest BCUT2D eigenvalue weighted by Crippen LogP contribution is -2.28. The van der Waals surface area contributed by atoms with Crippen molar-refractivity contribution in [2.24, 2.45) is 0 Å². The molecule has 32 heavy (non-hydrogen) atoms. The molecule has 0 amide bonds. The van der Waals surface area contributed by atoms with Gasteiger partial charge in [0.05, 0.1) is 30.3 Å². The molecule has 0 unspecified atom stereocenters. The number of benzene rings is 1. The third-order valence-corrected chi connectivity index (χ3v) is 5.36. The smallest absolute Gasteiger partial charge is 0.306 e. The number of ether oxygens (including phenoxy) is 1. The van der Waals surface area contributed by atoms with E-state index in [9.17, 15) is 18.7 Å². The molecule has 0 bridgehead atoms. The van der Waals surface area contributed by atoms with Gasteiger partial charge in [-0.15, -0.1) is 0 Å². The summed E-state index contributed by atoms with van der Waals surface area (Å²) in [5.74, 6) is -3.40. The lowest BCUT2D eigenvalue weighted by Gasteiger charge is -2.28. The van der Waals surface area contributed by atoms with E-state index in [4.69, 9.17) is 4.74 Å². The molecule has 3 aromatic heterocycles. The van der Waals surface area contributed by atoms with Crippen LogP contribution in [0.3, 0.4) is 0 Å². The Morgan fingerprint density at radius 3 is 2.69 bits per heavy atom. The summed E-state index contributed by atoms with van der Waals surface area (Å²) in [6.07, 6.45) is -1.15. The maximum atomic E-state index is 15.5. The van der Waals surface area contributed by atoms with Gasteiger partial charge in [0, 0.05) is 40.9 Å². The van der Waals surface area contributed by atoms with Crippen molar-refractivity contribution >= 4 is 28.0 Å². The molecule has 0 fully saturated rings. The zero-order valence-electron chi connectivity index (χ0n) is 17.6. The molecular formula is C22H21F3N4O3. The molecular weight excluding hydrogens is 425 g/mol. The number of pyridine rings is 1. The first kappa shape index (κ1) is 21.8. The van der Waals surface area contributed by atoms with Crippen LogP contribution >= 0.6 is 0 Å². The fraction of sp³-hybridized carbons (Fsp3) is 0.318. The Morgan fingerprint density at radius 1 is 1.28 bits per heavy atom. The Morgan fingerprint density at radius 2 is 2.03 bits per heavy atom. The highest BCUT2D eigenvalue weighted by atomic mass is 19.2. The standard InChI is InChI=1S/C22H21F3N4O3/c1-22(2,10-32-3)20-18(15(25)8-17(30)31)19-16(6-11-9-26-28-21(11)27-19)29(20)12-4-5-13(23)14(24)7-12/h4-7,9,15H,8,10H2,1-3H3,(H,30,31)(H,26,27,28)/t15-/m1/s1. The van der Waals surface area contributed by atoms with Crippen LogP contribution in [-0.2, 0) is 14.9 Å². The van der Waals surface area contributed by atoms with Gasteiger partial charge in [-0.3, -0.25) is 9.89 Å². The summed E-state index contributed by atoms with van der Waals surface area (Å²) in [6, 6.07) is 5.07. The third kappa shape index (κ3) is 3.60. The molecule has 0 aliphatic heterocycles. The van der Waals surface area contributed by atoms with Gasteiger partial charge in [-0.1, -0.05) is 13.8 Å². The number of carbonyl (C=O) groups is 1. The van der Waals surface area contributed by atoms with Crippen LogP contribution in [0.1, 0.15) is 37.7 Å². The lowest BCUT2D eigenvalue weighted by atomic mass is 9.85. The summed E-state index contributed by atoms with van der Waals surface area (Å²) in [7, 11) is 1.49. The molecule has 2 N–H and O–H groups in total. The van der Waals surface area contributed by atoms with Gasteiger partial charge < -0.3 is 14.4 Å². The number of alkyl halides is 1. The molecule has 0 saturated carbocycles. The first-order chi connectivity index (χ1) is 15.1. The number of halogens is 3. The van der Waals surface area contributed by atoms with Crippen LogP contribution in [-0.4, -0.2) is 44.5 Å². The molecule has 7 nitrogen and oxygen atoms in total. The lowest BCUT2D eigenvalue weighted by molar-refractivity contribution is -0.138. The largest absolute Gasteiger partial charge is 0.481 e. The van der Waals surface area contributed by atoms with Gasteiger partial charge in [0.2, 0.25) is 0 Å². The summed E-state index contributed by atoms with van der Waals surface area (Å²) < 4.78 is 50.3. The van der Waals surface area contributed by atoms with Crippen molar-refractivity contribution in [3.8, 4) is 5.69 Å². The maximum absolute atomic E-state index is 15.5. The van der Waals surface area contributed by atoms with Crippen LogP contribution in [0.2, 0.25) is 0 Å². The summed E-state index contributed by atoms with van der Waals surface area (Å²) in [5, 5.41) is 16.5. The van der Waals surface area contributed by atoms with E-state index in [1.165, 1.54) is 19.4 Å². The summed E-state index contributed by atoms with van der Waals surface area (Å²) in [5.41, 5.74) is 0.829. The van der Waals surface area contributed by atoms with Gasteiger partial charge in [0.15, 0.2) is 17.3 Å². The van der Waals surface area contributed by atoms with E-state index in [0.29, 0.717) is 22.2 Å². The number of H-pyrrole nitrogens is 1. The minimum absolute atomic E-state index is 0.0608. The third-order valence-electron chi connectivity index (χ3n) is 5.36. The minimum Gasteiger partial charge on any atom is -0.481 e. The minimum atomic E-state index is -1.90. The van der Waals surface area contributed by atoms with Crippen LogP contribution in [0, 0.1) is 11.6 Å². The number of nitrogens with one attached hydrogen (secondary N) is 1. The Labute approximate surface area is 180 Å². The molecule has 1 aromatic carbocycles. The van der Waals surface area contributed by atoms with Crippen LogP contribution in [0.4, 0.5) is 13.2 Å². The predicted octanol–water partition coefficient (Wildman–Crippen LogP) is 4.59. The van der Waals surface area contributed by atoms with E-state index in [2.05, 4.69) is 15.2 Å². The number of carboxylic acid groups (broad SMARTS) is 1. The number of hydrogen-bond acceptors (Lipinski definition) is 4. The molecule has 10 heteroatoms. The second-order valence-electron chi connectivity index (χ2n) is 8.24. The van der Waals surface area contributed by atoms with Crippen LogP contribution in [0.5, 0.6) is 0 Å². The second kappa shape index (κ2) is 7.94. The molecule has 0 saturated heterocycles. The highest BCUT2D eigenvalue weighted by Crippen LogP contribution is 2.42. The normalized spacial score (nSPS) is 13.2. The molecule has 4 rings (SSSR count). The fourth-order valence-electron chi connectivity index (χ4n) is 4.13. The van der Waals surface area contributed by atoms with Gasteiger partial charge in [-0.2, -0.15) is 5.10 Å². The van der Waals surface area contributed by atoms with E-state index in [-0.39, 0.29) is 23.4 Å². The Bertz CT molecular complexity index is 1330. The Balaban J connectivity index is 2.17.